The van der Waals surface area contributed by atoms with Gasteiger partial charge >= 0.3 is 0 Å². The van der Waals surface area contributed by atoms with Crippen molar-refractivity contribution >= 4 is 31.6 Å². The Balaban J connectivity index is 1.93. The van der Waals surface area contributed by atoms with Crippen molar-refractivity contribution < 1.29 is 13.2 Å². The Morgan fingerprint density at radius 3 is 2.60 bits per heavy atom. The normalized spacial score (nSPS) is 18.0. The molecule has 8 heteroatoms. The molecule has 130 valence electrons. The highest BCUT2D eigenvalue weighted by Gasteiger charge is 2.25. The van der Waals surface area contributed by atoms with Crippen LogP contribution in [0.3, 0.4) is 0 Å². The lowest BCUT2D eigenvalue weighted by molar-refractivity contribution is 0.0397. The number of rotatable bonds is 3. The molecule has 0 aliphatic carbocycles. The fraction of sp³-hybridized carbons (Fsp3) is 0.235. The van der Waals surface area contributed by atoms with E-state index in [9.17, 15) is 13.7 Å². The Labute approximate surface area is 155 Å². The predicted molar refractivity (Wildman–Crippen MR) is 97.6 cm³/mol. The Bertz CT molecular complexity index is 923. The summed E-state index contributed by atoms with van der Waals surface area (Å²) in [5.41, 5.74) is 1.98. The topological polar surface area (TPSA) is 96.4 Å². The van der Waals surface area contributed by atoms with Crippen LogP contribution in [0.1, 0.15) is 17.2 Å². The Hall–Kier alpha value is -1.92. The van der Waals surface area contributed by atoms with Crippen molar-refractivity contribution in [2.75, 3.05) is 24.6 Å². The van der Waals surface area contributed by atoms with Crippen molar-refractivity contribution in [3.8, 4) is 6.07 Å². The molecule has 1 heterocycles. The first kappa shape index (κ1) is 17.9. The lowest BCUT2D eigenvalue weighted by Crippen LogP contribution is -2.38. The molecule has 1 aliphatic rings. The number of sulfonamides is 1. The van der Waals surface area contributed by atoms with E-state index in [-0.39, 0.29) is 11.0 Å². The minimum absolute atomic E-state index is 0.00631. The van der Waals surface area contributed by atoms with Crippen LogP contribution in [0.5, 0.6) is 0 Å². The summed E-state index contributed by atoms with van der Waals surface area (Å²) in [6.45, 7) is 1.56. The molecule has 6 nitrogen and oxygen atoms in total. The van der Waals surface area contributed by atoms with Crippen LogP contribution in [0.25, 0.3) is 0 Å². The third-order valence-electron chi connectivity index (χ3n) is 4.07. The number of nitrogens with two attached hydrogens (primary N) is 1. The van der Waals surface area contributed by atoms with E-state index in [4.69, 9.17) is 9.88 Å². The van der Waals surface area contributed by atoms with Gasteiger partial charge in [-0.1, -0.05) is 28.1 Å². The van der Waals surface area contributed by atoms with Crippen LogP contribution in [-0.4, -0.2) is 28.1 Å². The molecule has 25 heavy (non-hydrogen) atoms. The van der Waals surface area contributed by atoms with Crippen LogP contribution < -0.4 is 10.0 Å². The highest BCUT2D eigenvalue weighted by Crippen LogP contribution is 2.30. The lowest BCUT2D eigenvalue weighted by atomic mass is 10.1. The average Bonchev–Trinajstić information content (AvgIpc) is 2.61. The summed E-state index contributed by atoms with van der Waals surface area (Å²) in [5, 5.41) is 14.6. The molecule has 1 unspecified atom stereocenters. The maximum Gasteiger partial charge on any atom is 0.238 e. The van der Waals surface area contributed by atoms with E-state index in [1.165, 1.54) is 18.2 Å². The number of hydrogen-bond acceptors (Lipinski definition) is 5. The van der Waals surface area contributed by atoms with Crippen molar-refractivity contribution in [2.24, 2.45) is 5.14 Å². The van der Waals surface area contributed by atoms with Gasteiger partial charge in [-0.15, -0.1) is 0 Å². The molecular weight excluding hydrogens is 406 g/mol. The van der Waals surface area contributed by atoms with Gasteiger partial charge in [0, 0.05) is 17.6 Å². The van der Waals surface area contributed by atoms with E-state index >= 15 is 0 Å². The van der Waals surface area contributed by atoms with Crippen LogP contribution in [0.2, 0.25) is 0 Å². The van der Waals surface area contributed by atoms with Gasteiger partial charge in [0.25, 0.3) is 0 Å². The molecule has 0 amide bonds. The van der Waals surface area contributed by atoms with Crippen LogP contribution in [0.4, 0.5) is 5.69 Å². The van der Waals surface area contributed by atoms with Gasteiger partial charge in [0.05, 0.1) is 22.8 Å². The van der Waals surface area contributed by atoms with Gasteiger partial charge in [-0.05, 0) is 35.9 Å². The summed E-state index contributed by atoms with van der Waals surface area (Å²) >= 11 is 3.41. The first-order chi connectivity index (χ1) is 11.9. The highest BCUT2D eigenvalue weighted by atomic mass is 79.9. The van der Waals surface area contributed by atoms with Gasteiger partial charge in [-0.3, -0.25) is 0 Å². The molecule has 2 aromatic rings. The second-order valence-electron chi connectivity index (χ2n) is 5.69. The minimum Gasteiger partial charge on any atom is -0.370 e. The number of hydrogen-bond donors (Lipinski definition) is 1. The molecule has 2 aromatic carbocycles. The van der Waals surface area contributed by atoms with E-state index in [0.29, 0.717) is 30.9 Å². The fourth-order valence-corrected chi connectivity index (χ4v) is 3.59. The standard InChI is InChI=1S/C17H16BrN3O3S/c18-14-4-1-12(2-5-14)17-11-21(7-8-24-17)16-9-15(25(20,22)23)6-3-13(16)10-19/h1-6,9,17H,7-8,11H2,(H2,20,22,23). The zero-order chi connectivity index (χ0) is 18.0. The van der Waals surface area contributed by atoms with E-state index in [1.807, 2.05) is 29.2 Å². The largest absolute Gasteiger partial charge is 0.370 e. The van der Waals surface area contributed by atoms with Crippen molar-refractivity contribution in [1.29, 1.82) is 5.26 Å². The van der Waals surface area contributed by atoms with E-state index in [1.54, 1.807) is 0 Å². The molecule has 0 bridgehead atoms. The quantitative estimate of drug-likeness (QED) is 0.820. The maximum atomic E-state index is 11.6. The number of benzene rings is 2. The fourth-order valence-electron chi connectivity index (χ4n) is 2.79. The zero-order valence-electron chi connectivity index (χ0n) is 13.2. The molecule has 0 aromatic heterocycles. The Morgan fingerprint density at radius 1 is 1.24 bits per heavy atom. The second-order valence-corrected chi connectivity index (χ2v) is 8.17. The third kappa shape index (κ3) is 4.02. The first-order valence-corrected chi connectivity index (χ1v) is 9.91. The number of halogens is 1. The first-order valence-electron chi connectivity index (χ1n) is 7.57. The number of anilines is 1. The molecule has 2 N–H and O–H groups in total. The lowest BCUT2D eigenvalue weighted by Gasteiger charge is -2.35. The van der Waals surface area contributed by atoms with Crippen LogP contribution in [-0.2, 0) is 14.8 Å². The number of nitriles is 1. The van der Waals surface area contributed by atoms with Crippen LogP contribution in [0.15, 0.2) is 51.8 Å². The average molecular weight is 422 g/mol. The number of morpholine rings is 1. The molecular formula is C17H16BrN3O3S. The van der Waals surface area contributed by atoms with Gasteiger partial charge in [-0.25, -0.2) is 13.6 Å². The molecule has 1 aliphatic heterocycles. The van der Waals surface area contributed by atoms with Crippen LogP contribution in [0, 0.1) is 11.3 Å². The van der Waals surface area contributed by atoms with Gasteiger partial charge in [-0.2, -0.15) is 5.26 Å². The van der Waals surface area contributed by atoms with Crippen molar-refractivity contribution in [3.63, 3.8) is 0 Å². The van der Waals surface area contributed by atoms with Gasteiger partial charge < -0.3 is 9.64 Å². The van der Waals surface area contributed by atoms with Crippen LogP contribution >= 0.6 is 15.9 Å². The molecule has 1 fully saturated rings. The smallest absolute Gasteiger partial charge is 0.238 e. The van der Waals surface area contributed by atoms with Gasteiger partial charge in [0.2, 0.25) is 10.0 Å². The summed E-state index contributed by atoms with van der Waals surface area (Å²) in [4.78, 5) is 1.96. The molecule has 0 radical (unpaired) electrons. The Kier molecular flexibility index (Phi) is 5.11. The molecule has 1 atom stereocenters. The van der Waals surface area contributed by atoms with Crippen molar-refractivity contribution in [1.82, 2.24) is 0 Å². The summed E-state index contributed by atoms with van der Waals surface area (Å²) < 4.78 is 30.1. The zero-order valence-corrected chi connectivity index (χ0v) is 15.6. The number of nitrogens with zero attached hydrogens (tertiary/aromatic N) is 2. The minimum atomic E-state index is -3.83. The summed E-state index contributed by atoms with van der Waals surface area (Å²) in [5.74, 6) is 0. The second kappa shape index (κ2) is 7.14. The molecule has 3 rings (SSSR count). The van der Waals surface area contributed by atoms with Crippen molar-refractivity contribution in [2.45, 2.75) is 11.0 Å². The summed E-state index contributed by atoms with van der Waals surface area (Å²) in [7, 11) is -3.83. The Morgan fingerprint density at radius 2 is 1.96 bits per heavy atom. The van der Waals surface area contributed by atoms with Gasteiger partial charge in [0.15, 0.2) is 0 Å². The number of ether oxygens (including phenoxy) is 1. The van der Waals surface area contributed by atoms with E-state index in [0.717, 1.165) is 10.0 Å². The molecule has 1 saturated heterocycles. The predicted octanol–water partition coefficient (Wildman–Crippen LogP) is 2.55. The highest BCUT2D eigenvalue weighted by molar-refractivity contribution is 9.10. The third-order valence-corrected chi connectivity index (χ3v) is 5.51. The monoisotopic (exact) mass is 421 g/mol. The number of primary sulfonamides is 1. The molecule has 0 saturated carbocycles. The molecule has 0 spiro atoms. The van der Waals surface area contributed by atoms with Crippen molar-refractivity contribution in [3.05, 3.63) is 58.1 Å². The SMILES string of the molecule is N#Cc1ccc(S(N)(=O)=O)cc1N1CCOC(c2ccc(Br)cc2)C1. The van der Waals surface area contributed by atoms with Gasteiger partial charge in [0.1, 0.15) is 12.2 Å². The summed E-state index contributed by atoms with van der Waals surface area (Å²) in [6, 6.07) is 14.2. The summed E-state index contributed by atoms with van der Waals surface area (Å²) in [6.07, 6.45) is -0.161. The maximum absolute atomic E-state index is 11.6. The van der Waals surface area contributed by atoms with E-state index in [2.05, 4.69) is 22.0 Å². The van der Waals surface area contributed by atoms with E-state index < -0.39 is 10.0 Å².